The number of hydrogen-bond acceptors (Lipinski definition) is 5. The number of hydrogen-bond donors (Lipinski definition) is 2. The highest BCUT2D eigenvalue weighted by molar-refractivity contribution is 5.37. The minimum Gasteiger partial charge on any atom is -0.394 e. The van der Waals surface area contributed by atoms with Crippen molar-refractivity contribution in [2.45, 2.75) is 24.7 Å². The molecule has 2 N–H and O–H groups in total. The maximum atomic E-state index is 12.6. The van der Waals surface area contributed by atoms with Crippen LogP contribution < -0.4 is 5.32 Å². The Bertz CT molecular complexity index is 457. The van der Waals surface area contributed by atoms with Crippen molar-refractivity contribution in [3.63, 3.8) is 0 Å². The van der Waals surface area contributed by atoms with Gasteiger partial charge >= 0.3 is 6.18 Å². The van der Waals surface area contributed by atoms with Crippen LogP contribution in [0, 0.1) is 0 Å². The number of aliphatic hydroxyl groups is 1. The first-order chi connectivity index (χ1) is 10.0. The van der Waals surface area contributed by atoms with Crippen LogP contribution in [0.4, 0.5) is 19.0 Å². The van der Waals surface area contributed by atoms with E-state index in [1.54, 1.807) is 0 Å². The molecule has 2 rings (SSSR count). The van der Waals surface area contributed by atoms with Crippen molar-refractivity contribution in [1.29, 1.82) is 0 Å². The van der Waals surface area contributed by atoms with Gasteiger partial charge in [0.15, 0.2) is 0 Å². The van der Waals surface area contributed by atoms with Crippen LogP contribution in [0.3, 0.4) is 0 Å². The Morgan fingerprint density at radius 1 is 1.43 bits per heavy atom. The molecular formula is C13H17F3N2O3. The van der Waals surface area contributed by atoms with Crippen molar-refractivity contribution in [2.24, 2.45) is 0 Å². The van der Waals surface area contributed by atoms with Gasteiger partial charge in [-0.1, -0.05) is 6.07 Å². The largest absolute Gasteiger partial charge is 0.433 e. The number of aliphatic hydroxyl groups excluding tert-OH is 1. The highest BCUT2D eigenvalue weighted by Crippen LogP contribution is 2.28. The topological polar surface area (TPSA) is 63.6 Å². The highest BCUT2D eigenvalue weighted by atomic mass is 19.4. The van der Waals surface area contributed by atoms with E-state index in [1.807, 2.05) is 0 Å². The Labute approximate surface area is 120 Å². The normalized spacial score (nSPS) is 23.0. The number of anilines is 1. The van der Waals surface area contributed by atoms with Gasteiger partial charge in [-0.15, -0.1) is 0 Å². The summed E-state index contributed by atoms with van der Waals surface area (Å²) in [6, 6.07) is 3.38. The number of aromatic nitrogens is 1. The lowest BCUT2D eigenvalue weighted by Gasteiger charge is -2.32. The van der Waals surface area contributed by atoms with Gasteiger partial charge in [0.05, 0.1) is 32.0 Å². The number of nitrogens with one attached hydrogen (secondary N) is 1. The summed E-state index contributed by atoms with van der Waals surface area (Å²) in [6.07, 6.45) is -4.10. The fraction of sp³-hybridized carbons (Fsp3) is 0.615. The maximum Gasteiger partial charge on any atom is 0.433 e. The lowest BCUT2D eigenvalue weighted by atomic mass is 10.1. The van der Waals surface area contributed by atoms with Crippen LogP contribution in [0.2, 0.25) is 0 Å². The van der Waals surface area contributed by atoms with Gasteiger partial charge < -0.3 is 19.9 Å². The van der Waals surface area contributed by atoms with E-state index in [1.165, 1.54) is 12.1 Å². The van der Waals surface area contributed by atoms with Gasteiger partial charge in [-0.05, 0) is 18.6 Å². The van der Waals surface area contributed by atoms with Crippen LogP contribution in [-0.4, -0.2) is 48.7 Å². The number of alkyl halides is 3. The number of ether oxygens (including phenoxy) is 2. The molecule has 1 aromatic heterocycles. The van der Waals surface area contributed by atoms with Crippen molar-refractivity contribution in [1.82, 2.24) is 4.98 Å². The summed E-state index contributed by atoms with van der Waals surface area (Å²) < 4.78 is 48.6. The molecule has 2 atom stereocenters. The van der Waals surface area contributed by atoms with Gasteiger partial charge in [0.2, 0.25) is 0 Å². The van der Waals surface area contributed by atoms with Gasteiger partial charge in [0, 0.05) is 6.61 Å². The quantitative estimate of drug-likeness (QED) is 0.866. The Morgan fingerprint density at radius 2 is 2.24 bits per heavy atom. The minimum atomic E-state index is -4.48. The van der Waals surface area contributed by atoms with Gasteiger partial charge in [-0.25, -0.2) is 4.98 Å². The predicted octanol–water partition coefficient (Wildman–Crippen LogP) is 1.68. The summed E-state index contributed by atoms with van der Waals surface area (Å²) in [4.78, 5) is 3.56. The van der Waals surface area contributed by atoms with Crippen LogP contribution in [-0.2, 0) is 15.7 Å². The van der Waals surface area contributed by atoms with E-state index in [0.717, 1.165) is 6.07 Å². The smallest absolute Gasteiger partial charge is 0.394 e. The molecule has 21 heavy (non-hydrogen) atoms. The molecule has 118 valence electrons. The fourth-order valence-corrected chi connectivity index (χ4v) is 2.12. The molecule has 0 aliphatic carbocycles. The molecule has 0 unspecified atom stereocenters. The van der Waals surface area contributed by atoms with Crippen molar-refractivity contribution in [3.8, 4) is 0 Å². The molecule has 1 fully saturated rings. The van der Waals surface area contributed by atoms with E-state index in [0.29, 0.717) is 19.6 Å². The maximum absolute atomic E-state index is 12.6. The van der Waals surface area contributed by atoms with Crippen LogP contribution in [0.15, 0.2) is 18.2 Å². The van der Waals surface area contributed by atoms with Crippen molar-refractivity contribution < 1.29 is 27.8 Å². The van der Waals surface area contributed by atoms with Gasteiger partial charge in [-0.3, -0.25) is 0 Å². The third-order valence-corrected chi connectivity index (χ3v) is 3.09. The molecule has 1 aliphatic rings. The molecule has 0 saturated carbocycles. The Balaban J connectivity index is 2.05. The Kier molecular flexibility index (Phi) is 5.38. The highest BCUT2D eigenvalue weighted by Gasteiger charge is 2.33. The van der Waals surface area contributed by atoms with Crippen molar-refractivity contribution >= 4 is 5.82 Å². The average molecular weight is 306 g/mol. The van der Waals surface area contributed by atoms with E-state index in [2.05, 4.69) is 10.3 Å². The molecule has 0 amide bonds. The zero-order valence-corrected chi connectivity index (χ0v) is 11.3. The second kappa shape index (κ2) is 7.06. The lowest BCUT2D eigenvalue weighted by molar-refractivity contribution is -0.141. The number of halogens is 3. The molecule has 1 aliphatic heterocycles. The van der Waals surface area contributed by atoms with E-state index in [-0.39, 0.29) is 31.2 Å². The predicted molar refractivity (Wildman–Crippen MR) is 68.9 cm³/mol. The van der Waals surface area contributed by atoms with Crippen LogP contribution in [0.1, 0.15) is 12.1 Å². The molecule has 1 aromatic rings. The van der Waals surface area contributed by atoms with E-state index in [4.69, 9.17) is 14.6 Å². The fourth-order valence-electron chi connectivity index (χ4n) is 2.12. The van der Waals surface area contributed by atoms with Crippen LogP contribution in [0.25, 0.3) is 0 Å². The summed E-state index contributed by atoms with van der Waals surface area (Å²) in [6.45, 7) is 0.906. The first-order valence-electron chi connectivity index (χ1n) is 6.61. The number of rotatable bonds is 5. The molecule has 0 bridgehead atoms. The van der Waals surface area contributed by atoms with Crippen LogP contribution in [0.5, 0.6) is 0 Å². The molecule has 2 heterocycles. The SMILES string of the molecule is OCCO[C@@H]1CCOC[C@@H]1Nc1cccc(C(F)(F)F)n1. The lowest BCUT2D eigenvalue weighted by Crippen LogP contribution is -2.44. The summed E-state index contributed by atoms with van der Waals surface area (Å²) in [7, 11) is 0. The van der Waals surface area contributed by atoms with E-state index < -0.39 is 11.9 Å². The number of pyridine rings is 1. The monoisotopic (exact) mass is 306 g/mol. The third-order valence-electron chi connectivity index (χ3n) is 3.09. The molecule has 1 saturated heterocycles. The first-order valence-corrected chi connectivity index (χ1v) is 6.61. The van der Waals surface area contributed by atoms with Crippen LogP contribution >= 0.6 is 0 Å². The Morgan fingerprint density at radius 3 is 2.95 bits per heavy atom. The average Bonchev–Trinajstić information content (AvgIpc) is 2.46. The summed E-state index contributed by atoms with van der Waals surface area (Å²) >= 11 is 0. The standard InChI is InChI=1S/C13H17F3N2O3/c14-13(15,16)11-2-1-3-12(18-11)17-9-8-20-6-4-10(9)21-7-5-19/h1-3,9-10,19H,4-8H2,(H,17,18)/t9-,10+/m0/s1. The summed E-state index contributed by atoms with van der Waals surface area (Å²) in [5.74, 6) is 0.123. The van der Waals surface area contributed by atoms with E-state index >= 15 is 0 Å². The molecular weight excluding hydrogens is 289 g/mol. The second-order valence-corrected chi connectivity index (χ2v) is 4.65. The van der Waals surface area contributed by atoms with E-state index in [9.17, 15) is 13.2 Å². The second-order valence-electron chi connectivity index (χ2n) is 4.65. The summed E-state index contributed by atoms with van der Waals surface area (Å²) in [5, 5.41) is 11.7. The third kappa shape index (κ3) is 4.55. The van der Waals surface area contributed by atoms with Crippen molar-refractivity contribution in [3.05, 3.63) is 23.9 Å². The molecule has 0 aromatic carbocycles. The molecule has 5 nitrogen and oxygen atoms in total. The van der Waals surface area contributed by atoms with Crippen molar-refractivity contribution in [2.75, 3.05) is 31.7 Å². The molecule has 0 spiro atoms. The molecule has 8 heteroatoms. The first kappa shape index (κ1) is 16.0. The van der Waals surface area contributed by atoms with Gasteiger partial charge in [0.1, 0.15) is 11.5 Å². The van der Waals surface area contributed by atoms with Gasteiger partial charge in [0.25, 0.3) is 0 Å². The zero-order chi connectivity index (χ0) is 15.3. The number of nitrogens with zero attached hydrogens (tertiary/aromatic N) is 1. The zero-order valence-electron chi connectivity index (χ0n) is 11.3. The Hall–Kier alpha value is -1.38. The minimum absolute atomic E-state index is 0.105. The molecule has 0 radical (unpaired) electrons. The summed E-state index contributed by atoms with van der Waals surface area (Å²) in [5.41, 5.74) is -0.947. The van der Waals surface area contributed by atoms with Gasteiger partial charge in [-0.2, -0.15) is 13.2 Å².